The molecule has 488 valence electrons. The predicted octanol–water partition coefficient (Wildman–Crippen LogP) is 19.7. The molecule has 7 unspecified atom stereocenters. The van der Waals surface area contributed by atoms with Crippen molar-refractivity contribution in [1.29, 1.82) is 0 Å². The van der Waals surface area contributed by atoms with E-state index in [0.717, 1.165) is 83.5 Å². The van der Waals surface area contributed by atoms with Gasteiger partial charge in [0, 0.05) is 6.42 Å². The highest BCUT2D eigenvalue weighted by Gasteiger charge is 2.44. The second kappa shape index (κ2) is 63.4. The number of carbonyl (C=O) groups is 1. The minimum absolute atomic E-state index is 0.139. The zero-order valence-electron chi connectivity index (χ0n) is 54.6. The predicted molar refractivity (Wildman–Crippen MR) is 359 cm³/mol. The van der Waals surface area contributed by atoms with E-state index in [1.165, 1.54) is 218 Å². The van der Waals surface area contributed by atoms with Crippen LogP contribution in [0.3, 0.4) is 0 Å². The third-order valence-electron chi connectivity index (χ3n) is 16.8. The van der Waals surface area contributed by atoms with Gasteiger partial charge in [-0.3, -0.25) is 4.79 Å². The van der Waals surface area contributed by atoms with Crippen molar-refractivity contribution in [2.24, 2.45) is 0 Å². The molecule has 0 saturated carbocycles. The number of rotatable bonds is 62. The van der Waals surface area contributed by atoms with Crippen LogP contribution in [0.15, 0.2) is 85.1 Å². The fraction of sp³-hybridized carbons (Fsp3) is 0.800. The van der Waals surface area contributed by atoms with Gasteiger partial charge in [0.05, 0.1) is 25.4 Å². The van der Waals surface area contributed by atoms with Crippen LogP contribution in [0.2, 0.25) is 0 Å². The molecule has 1 aliphatic rings. The van der Waals surface area contributed by atoms with Crippen molar-refractivity contribution < 1.29 is 39.8 Å². The van der Waals surface area contributed by atoms with Crippen LogP contribution in [0.4, 0.5) is 0 Å². The Kier molecular flexibility index (Phi) is 59.9. The molecule has 1 aliphatic heterocycles. The first kappa shape index (κ1) is 79.4. The topological polar surface area (TPSA) is 149 Å². The zero-order chi connectivity index (χ0) is 60.7. The average Bonchev–Trinajstić information content (AvgIpc) is 3.70. The molecule has 0 aromatic carbocycles. The minimum atomic E-state index is -1.56. The van der Waals surface area contributed by atoms with Gasteiger partial charge in [-0.15, -0.1) is 0 Å². The Bertz CT molecular complexity index is 1600. The summed E-state index contributed by atoms with van der Waals surface area (Å²) in [5.74, 6) is -0.144. The monoisotopic (exact) mass is 1180 g/mol. The maximum atomic E-state index is 13.2. The number of unbranched alkanes of at least 4 members (excludes halogenated alkanes) is 38. The Morgan fingerprint density at radius 1 is 0.417 bits per heavy atom. The Morgan fingerprint density at radius 3 is 1.10 bits per heavy atom. The van der Waals surface area contributed by atoms with E-state index in [2.05, 4.69) is 104 Å². The second-order valence-corrected chi connectivity index (χ2v) is 24.7. The summed E-state index contributed by atoms with van der Waals surface area (Å²) in [6.45, 7) is 3.76. The molecule has 1 fully saturated rings. The second-order valence-electron chi connectivity index (χ2n) is 24.7. The van der Waals surface area contributed by atoms with Crippen LogP contribution in [0.5, 0.6) is 0 Å². The highest BCUT2D eigenvalue weighted by Crippen LogP contribution is 2.24. The van der Waals surface area contributed by atoms with Crippen LogP contribution < -0.4 is 5.32 Å². The number of nitrogens with one attached hydrogen (secondary N) is 1. The van der Waals surface area contributed by atoms with Gasteiger partial charge in [-0.05, 0) is 70.6 Å². The van der Waals surface area contributed by atoms with Crippen molar-refractivity contribution in [3.63, 3.8) is 0 Å². The van der Waals surface area contributed by atoms with E-state index in [0.29, 0.717) is 12.8 Å². The summed E-state index contributed by atoms with van der Waals surface area (Å²) >= 11 is 0. The van der Waals surface area contributed by atoms with Crippen LogP contribution >= 0.6 is 0 Å². The molecule has 0 aromatic heterocycles. The number of ether oxygens (including phenoxy) is 2. The first-order valence-electron chi connectivity index (χ1n) is 35.8. The molecule has 0 radical (unpaired) electrons. The third-order valence-corrected chi connectivity index (χ3v) is 16.8. The van der Waals surface area contributed by atoms with Gasteiger partial charge in [-0.1, -0.05) is 336 Å². The van der Waals surface area contributed by atoms with Crippen molar-refractivity contribution >= 4 is 5.91 Å². The summed E-state index contributed by atoms with van der Waals surface area (Å²) in [5, 5.41) is 55.0. The molecule has 6 N–H and O–H groups in total. The van der Waals surface area contributed by atoms with E-state index >= 15 is 0 Å². The lowest BCUT2D eigenvalue weighted by Gasteiger charge is -2.40. The van der Waals surface area contributed by atoms with E-state index in [-0.39, 0.29) is 12.5 Å². The lowest BCUT2D eigenvalue weighted by molar-refractivity contribution is -0.302. The molecule has 0 bridgehead atoms. The smallest absolute Gasteiger partial charge is 0.220 e. The molecule has 1 heterocycles. The summed E-state index contributed by atoms with van der Waals surface area (Å²) in [4.78, 5) is 13.2. The Morgan fingerprint density at radius 2 is 0.738 bits per heavy atom. The quantitative estimate of drug-likeness (QED) is 0.0261. The first-order valence-corrected chi connectivity index (χ1v) is 35.8. The molecular formula is C75H135NO8. The summed E-state index contributed by atoms with van der Waals surface area (Å²) < 4.78 is 11.4. The normalized spacial score (nSPS) is 18.7. The number of hydrogen-bond acceptors (Lipinski definition) is 8. The summed E-state index contributed by atoms with van der Waals surface area (Å²) in [6.07, 6.45) is 83.6. The number of aliphatic hydroxyl groups is 5. The SMILES string of the molecule is CC/C=C\C/C=C\C/C=C\C/C=C\C/C=C\C/C=C\C/C=C\CCCCCCCCCCCCCCCC(=O)NC(COC1OC(CO)C(O)C(O)C1O)C(O)CCCCCCCCCCCCCCCCCCCCCCCCCCCC. The van der Waals surface area contributed by atoms with Gasteiger partial charge in [0.25, 0.3) is 0 Å². The van der Waals surface area contributed by atoms with Gasteiger partial charge in [-0.2, -0.15) is 0 Å². The van der Waals surface area contributed by atoms with E-state index in [4.69, 9.17) is 9.47 Å². The zero-order valence-corrected chi connectivity index (χ0v) is 54.6. The molecular weight excluding hydrogens is 1040 g/mol. The Balaban J connectivity index is 2.12. The Labute approximate surface area is 518 Å². The minimum Gasteiger partial charge on any atom is -0.394 e. The standard InChI is InChI=1S/C75H135NO8/c1-3-5-7-9-11-13-15-17-19-21-23-25-27-29-31-32-33-34-35-36-37-38-39-41-43-45-47-49-51-53-55-57-59-61-63-65-71(79)76-68(67-83-75-74(82)73(81)72(80)70(66-77)84-75)69(78)64-62-60-58-56-54-52-50-48-46-44-42-40-30-28-26-24-22-20-18-16-14-12-10-8-6-4-2/h5,7,11,13,17,19,23,25,29,31,33-34,36-37,68-70,72-75,77-78,80-82H,3-4,6,8-10,12,14-16,18,20-22,24,26-28,30,32,35,38-67H2,1-2H3,(H,76,79)/b7-5-,13-11-,19-17-,25-23-,31-29-,34-33-,37-36-. The summed E-state index contributed by atoms with van der Waals surface area (Å²) in [5.41, 5.74) is 0. The van der Waals surface area contributed by atoms with E-state index in [9.17, 15) is 30.3 Å². The number of hydrogen-bond donors (Lipinski definition) is 6. The number of aliphatic hydroxyl groups excluding tert-OH is 5. The van der Waals surface area contributed by atoms with Crippen LogP contribution in [0, 0.1) is 0 Å². The molecule has 0 spiro atoms. The maximum absolute atomic E-state index is 13.2. The maximum Gasteiger partial charge on any atom is 0.220 e. The van der Waals surface area contributed by atoms with Gasteiger partial charge in [0.15, 0.2) is 6.29 Å². The molecule has 0 aliphatic carbocycles. The van der Waals surface area contributed by atoms with Crippen molar-refractivity contribution in [2.45, 2.75) is 371 Å². The van der Waals surface area contributed by atoms with Crippen molar-refractivity contribution in [2.75, 3.05) is 13.2 Å². The molecule has 1 rings (SSSR count). The number of amides is 1. The van der Waals surface area contributed by atoms with Crippen molar-refractivity contribution in [3.8, 4) is 0 Å². The number of carbonyl (C=O) groups excluding carboxylic acids is 1. The largest absolute Gasteiger partial charge is 0.394 e. The van der Waals surface area contributed by atoms with Gasteiger partial charge in [0.1, 0.15) is 24.4 Å². The molecule has 9 nitrogen and oxygen atoms in total. The van der Waals surface area contributed by atoms with Gasteiger partial charge >= 0.3 is 0 Å². The van der Waals surface area contributed by atoms with Gasteiger partial charge in [-0.25, -0.2) is 0 Å². The molecule has 9 heteroatoms. The fourth-order valence-electron chi connectivity index (χ4n) is 11.2. The Hall–Kier alpha value is -2.63. The molecule has 0 aromatic rings. The molecule has 84 heavy (non-hydrogen) atoms. The lowest BCUT2D eigenvalue weighted by atomic mass is 9.99. The summed E-state index contributed by atoms with van der Waals surface area (Å²) in [7, 11) is 0. The lowest BCUT2D eigenvalue weighted by Crippen LogP contribution is -2.60. The third kappa shape index (κ3) is 51.4. The number of allylic oxidation sites excluding steroid dienone is 14. The average molecular weight is 1180 g/mol. The highest BCUT2D eigenvalue weighted by molar-refractivity contribution is 5.76. The highest BCUT2D eigenvalue weighted by atomic mass is 16.7. The van der Waals surface area contributed by atoms with E-state index < -0.39 is 49.5 Å². The van der Waals surface area contributed by atoms with Crippen LogP contribution in [-0.2, 0) is 14.3 Å². The molecule has 1 amide bonds. The molecule has 7 atom stereocenters. The van der Waals surface area contributed by atoms with Crippen LogP contribution in [0.1, 0.15) is 328 Å². The fourth-order valence-corrected chi connectivity index (χ4v) is 11.2. The molecule has 1 saturated heterocycles. The van der Waals surface area contributed by atoms with Crippen LogP contribution in [-0.4, -0.2) is 87.5 Å². The van der Waals surface area contributed by atoms with Crippen molar-refractivity contribution in [1.82, 2.24) is 5.32 Å². The van der Waals surface area contributed by atoms with E-state index in [1.807, 2.05) is 0 Å². The van der Waals surface area contributed by atoms with Crippen molar-refractivity contribution in [3.05, 3.63) is 85.1 Å². The summed E-state index contributed by atoms with van der Waals surface area (Å²) in [6, 6.07) is -0.726. The van der Waals surface area contributed by atoms with Gasteiger partial charge < -0.3 is 40.3 Å². The first-order chi connectivity index (χ1) is 41.3. The van der Waals surface area contributed by atoms with Crippen LogP contribution in [0.25, 0.3) is 0 Å². The van der Waals surface area contributed by atoms with E-state index in [1.54, 1.807) is 0 Å². The van der Waals surface area contributed by atoms with Gasteiger partial charge in [0.2, 0.25) is 5.91 Å².